The van der Waals surface area contributed by atoms with E-state index in [1.54, 1.807) is 19.2 Å². The van der Waals surface area contributed by atoms with Crippen molar-refractivity contribution in [2.24, 2.45) is 0 Å². The number of nitrogens with zero attached hydrogens (tertiary/aromatic N) is 1. The summed E-state index contributed by atoms with van der Waals surface area (Å²) in [5, 5.41) is 0.625. The number of benzene rings is 1. The van der Waals surface area contributed by atoms with Gasteiger partial charge < -0.3 is 9.72 Å². The fourth-order valence-electron chi connectivity index (χ4n) is 1.18. The Morgan fingerprint density at radius 2 is 2.31 bits per heavy atom. The van der Waals surface area contributed by atoms with E-state index in [0.29, 0.717) is 15.5 Å². The van der Waals surface area contributed by atoms with E-state index < -0.39 is 0 Å². The van der Waals surface area contributed by atoms with E-state index in [-0.39, 0.29) is 0 Å². The van der Waals surface area contributed by atoms with Crippen molar-refractivity contribution in [3.05, 3.63) is 21.9 Å². The van der Waals surface area contributed by atoms with Crippen LogP contribution in [0.3, 0.4) is 0 Å². The highest BCUT2D eigenvalue weighted by Crippen LogP contribution is 2.28. The molecular weight excluding hydrogens is 255 g/mol. The molecule has 0 amide bonds. The molecule has 1 N–H and O–H groups in total. The van der Waals surface area contributed by atoms with Gasteiger partial charge in [-0.05, 0) is 22.0 Å². The van der Waals surface area contributed by atoms with Crippen LogP contribution in [-0.2, 0) is 0 Å². The van der Waals surface area contributed by atoms with Crippen LogP contribution < -0.4 is 4.74 Å². The molecule has 0 atom stereocenters. The first kappa shape index (κ1) is 8.84. The van der Waals surface area contributed by atoms with Crippen LogP contribution in [0.5, 0.6) is 5.75 Å². The molecular formula is C8H6BrClN2O. The van der Waals surface area contributed by atoms with Crippen molar-refractivity contribution in [2.75, 3.05) is 7.11 Å². The second-order valence-electron chi connectivity index (χ2n) is 2.53. The van der Waals surface area contributed by atoms with Crippen molar-refractivity contribution in [1.82, 2.24) is 9.97 Å². The first-order chi connectivity index (χ1) is 6.20. The minimum atomic E-state index is 0.625. The zero-order valence-electron chi connectivity index (χ0n) is 6.77. The van der Waals surface area contributed by atoms with Crippen LogP contribution >= 0.6 is 27.5 Å². The summed E-state index contributed by atoms with van der Waals surface area (Å²) in [6.45, 7) is 0. The summed E-state index contributed by atoms with van der Waals surface area (Å²) in [5.74, 6) is 0.671. The third-order valence-electron chi connectivity index (χ3n) is 1.71. The Morgan fingerprint density at radius 1 is 1.54 bits per heavy atom. The maximum atomic E-state index is 5.87. The zero-order valence-corrected chi connectivity index (χ0v) is 9.11. The number of fused-ring (bicyclic) bond motifs is 1. The van der Waals surface area contributed by atoms with Crippen molar-refractivity contribution in [2.45, 2.75) is 0 Å². The van der Waals surface area contributed by atoms with Crippen LogP contribution in [0.15, 0.2) is 16.9 Å². The minimum absolute atomic E-state index is 0.625. The number of H-pyrrole nitrogens is 1. The number of methoxy groups -OCH3 is 1. The molecule has 0 saturated carbocycles. The maximum absolute atomic E-state index is 5.87. The summed E-state index contributed by atoms with van der Waals surface area (Å²) >= 11 is 9.12. The lowest BCUT2D eigenvalue weighted by atomic mass is 10.3. The van der Waals surface area contributed by atoms with Gasteiger partial charge in [-0.3, -0.25) is 0 Å². The van der Waals surface area contributed by atoms with Crippen LogP contribution in [0.4, 0.5) is 0 Å². The van der Waals surface area contributed by atoms with E-state index in [4.69, 9.17) is 16.3 Å². The molecule has 0 fully saturated rings. The Bertz CT molecular complexity index is 455. The molecule has 0 aliphatic rings. The van der Waals surface area contributed by atoms with Gasteiger partial charge in [0, 0.05) is 11.1 Å². The molecule has 3 nitrogen and oxygen atoms in total. The molecule has 1 aromatic heterocycles. The fourth-order valence-corrected chi connectivity index (χ4v) is 1.78. The Kier molecular flexibility index (Phi) is 2.17. The number of aromatic nitrogens is 2. The summed E-state index contributed by atoms with van der Waals surface area (Å²) < 4.78 is 5.80. The van der Waals surface area contributed by atoms with Gasteiger partial charge in [-0.25, -0.2) is 4.98 Å². The van der Waals surface area contributed by atoms with Gasteiger partial charge in [-0.1, -0.05) is 11.6 Å². The second kappa shape index (κ2) is 3.20. The third-order valence-corrected chi connectivity index (χ3v) is 2.30. The van der Waals surface area contributed by atoms with Gasteiger partial charge in [-0.15, -0.1) is 0 Å². The lowest BCUT2D eigenvalue weighted by Gasteiger charge is -2.00. The van der Waals surface area contributed by atoms with Gasteiger partial charge in [0.2, 0.25) is 0 Å². The van der Waals surface area contributed by atoms with Gasteiger partial charge in [-0.2, -0.15) is 0 Å². The Balaban J connectivity index is 2.80. The molecule has 13 heavy (non-hydrogen) atoms. The molecule has 0 aliphatic carbocycles. The molecule has 0 unspecified atom stereocenters. The van der Waals surface area contributed by atoms with E-state index in [2.05, 4.69) is 25.9 Å². The SMILES string of the molecule is COc1cc(Cl)cc2[nH]c(Br)nc12. The summed E-state index contributed by atoms with van der Waals surface area (Å²) in [5.41, 5.74) is 1.63. The molecule has 5 heteroatoms. The van der Waals surface area contributed by atoms with Crippen LogP contribution in [-0.4, -0.2) is 17.1 Å². The largest absolute Gasteiger partial charge is 0.494 e. The fraction of sp³-hybridized carbons (Fsp3) is 0.125. The normalized spacial score (nSPS) is 10.7. The highest BCUT2D eigenvalue weighted by Gasteiger charge is 2.07. The van der Waals surface area contributed by atoms with Crippen LogP contribution in [0, 0.1) is 0 Å². The summed E-state index contributed by atoms with van der Waals surface area (Å²) in [6, 6.07) is 3.54. The summed E-state index contributed by atoms with van der Waals surface area (Å²) in [6.07, 6.45) is 0. The van der Waals surface area contributed by atoms with Crippen molar-refractivity contribution < 1.29 is 4.74 Å². The van der Waals surface area contributed by atoms with E-state index in [9.17, 15) is 0 Å². The highest BCUT2D eigenvalue weighted by molar-refractivity contribution is 9.10. The quantitative estimate of drug-likeness (QED) is 0.857. The number of hydrogen-bond donors (Lipinski definition) is 1. The number of halogens is 2. The Hall–Kier alpha value is -0.740. The minimum Gasteiger partial charge on any atom is -0.494 e. The number of rotatable bonds is 1. The van der Waals surface area contributed by atoms with E-state index >= 15 is 0 Å². The molecule has 2 rings (SSSR count). The van der Waals surface area contributed by atoms with Crippen molar-refractivity contribution >= 4 is 38.6 Å². The molecule has 68 valence electrons. The maximum Gasteiger partial charge on any atom is 0.175 e. The van der Waals surface area contributed by atoms with Crippen molar-refractivity contribution in [1.29, 1.82) is 0 Å². The van der Waals surface area contributed by atoms with E-state index in [1.807, 2.05) is 0 Å². The van der Waals surface area contributed by atoms with E-state index in [0.717, 1.165) is 11.0 Å². The average Bonchev–Trinajstić information content (AvgIpc) is 2.43. The average molecular weight is 262 g/mol. The number of hydrogen-bond acceptors (Lipinski definition) is 2. The monoisotopic (exact) mass is 260 g/mol. The smallest absolute Gasteiger partial charge is 0.175 e. The van der Waals surface area contributed by atoms with Gasteiger partial charge in [0.15, 0.2) is 4.73 Å². The first-order valence-corrected chi connectivity index (χ1v) is 4.76. The van der Waals surface area contributed by atoms with Crippen molar-refractivity contribution in [3.63, 3.8) is 0 Å². The lowest BCUT2D eigenvalue weighted by molar-refractivity contribution is 0.419. The number of aromatic amines is 1. The molecule has 0 bridgehead atoms. The lowest BCUT2D eigenvalue weighted by Crippen LogP contribution is -1.84. The number of imidazole rings is 1. The molecule has 1 heterocycles. The molecule has 2 aromatic rings. The number of ether oxygens (including phenoxy) is 1. The predicted molar refractivity (Wildman–Crippen MR) is 55.4 cm³/mol. The van der Waals surface area contributed by atoms with Gasteiger partial charge >= 0.3 is 0 Å². The first-order valence-electron chi connectivity index (χ1n) is 3.59. The molecule has 1 aromatic carbocycles. The third kappa shape index (κ3) is 1.51. The topological polar surface area (TPSA) is 37.9 Å². The zero-order chi connectivity index (χ0) is 9.42. The predicted octanol–water partition coefficient (Wildman–Crippen LogP) is 2.99. The Labute approximate surface area is 88.2 Å². The Morgan fingerprint density at radius 3 is 3.00 bits per heavy atom. The van der Waals surface area contributed by atoms with Gasteiger partial charge in [0.25, 0.3) is 0 Å². The molecule has 0 spiro atoms. The van der Waals surface area contributed by atoms with Crippen LogP contribution in [0.2, 0.25) is 5.02 Å². The standard InChI is InChI=1S/C8H6BrClN2O/c1-13-6-3-4(10)2-5-7(6)12-8(9)11-5/h2-3H,1H3,(H,11,12). The summed E-state index contributed by atoms with van der Waals surface area (Å²) in [4.78, 5) is 7.22. The number of nitrogens with one attached hydrogen (secondary N) is 1. The van der Waals surface area contributed by atoms with Crippen LogP contribution in [0.25, 0.3) is 11.0 Å². The van der Waals surface area contributed by atoms with Gasteiger partial charge in [0.05, 0.1) is 12.6 Å². The van der Waals surface area contributed by atoms with Gasteiger partial charge in [0.1, 0.15) is 11.3 Å². The van der Waals surface area contributed by atoms with E-state index in [1.165, 1.54) is 0 Å². The van der Waals surface area contributed by atoms with Crippen LogP contribution in [0.1, 0.15) is 0 Å². The van der Waals surface area contributed by atoms with Crippen molar-refractivity contribution in [3.8, 4) is 5.75 Å². The molecule has 0 radical (unpaired) electrons. The molecule has 0 aliphatic heterocycles. The second-order valence-corrected chi connectivity index (χ2v) is 3.72. The molecule has 0 saturated heterocycles. The summed E-state index contributed by atoms with van der Waals surface area (Å²) in [7, 11) is 1.59. The highest BCUT2D eigenvalue weighted by atomic mass is 79.9.